The summed E-state index contributed by atoms with van der Waals surface area (Å²) in [7, 11) is 0. The maximum atomic E-state index is 6.83. The zero-order valence-corrected chi connectivity index (χ0v) is 48.3. The van der Waals surface area contributed by atoms with Crippen molar-refractivity contribution >= 4 is 54.9 Å². The van der Waals surface area contributed by atoms with E-state index in [4.69, 9.17) is 38.7 Å². The Morgan fingerprint density at radius 1 is 0.333 bits per heavy atom. The van der Waals surface area contributed by atoms with Crippen molar-refractivity contribution in [3.63, 3.8) is 0 Å². The van der Waals surface area contributed by atoms with Crippen molar-refractivity contribution < 1.29 is 8.83 Å². The highest BCUT2D eigenvalue weighted by atomic mass is 16.3. The van der Waals surface area contributed by atoms with E-state index in [-0.39, 0.29) is 5.41 Å². The lowest BCUT2D eigenvalue weighted by molar-refractivity contribution is 0.487. The summed E-state index contributed by atoms with van der Waals surface area (Å²) in [4.78, 5) is 32.3. The highest BCUT2D eigenvalue weighted by molar-refractivity contribution is 6.14. The molecule has 0 aliphatic rings. The van der Waals surface area contributed by atoms with Gasteiger partial charge in [0.2, 0.25) is 0 Å². The number of furan rings is 2. The van der Waals surface area contributed by atoms with Gasteiger partial charge < -0.3 is 8.83 Å². The zero-order valence-electron chi connectivity index (χ0n) is 48.3. The summed E-state index contributed by atoms with van der Waals surface area (Å²) >= 11 is 0. The van der Waals surface area contributed by atoms with E-state index in [1.54, 1.807) is 0 Å². The third-order valence-corrected chi connectivity index (χ3v) is 16.3. The molecule has 9 aromatic carbocycles. The van der Waals surface area contributed by atoms with Gasteiger partial charge in [0.1, 0.15) is 34.0 Å². The summed E-state index contributed by atoms with van der Waals surface area (Å²) in [6.45, 7) is 15.6. The fourth-order valence-corrected chi connectivity index (χ4v) is 12.1. The van der Waals surface area contributed by atoms with Gasteiger partial charge in [-0.25, -0.2) is 29.9 Å². The first kappa shape index (κ1) is 52.2. The fraction of sp³-hybridized carbons (Fsp3) is 0.158. The second-order valence-electron chi connectivity index (χ2n) is 24.6. The average Bonchev–Trinajstić information content (AvgIpc) is 3.57. The van der Waals surface area contributed by atoms with Crippen molar-refractivity contribution in [3.05, 3.63) is 253 Å². The summed E-state index contributed by atoms with van der Waals surface area (Å²) in [6.07, 6.45) is 1.34. The molecule has 0 spiro atoms. The first-order valence-electron chi connectivity index (χ1n) is 28.9. The summed E-state index contributed by atoms with van der Waals surface area (Å²) in [5.74, 6) is 1.51. The van der Waals surface area contributed by atoms with E-state index in [2.05, 4.69) is 224 Å². The molecule has 0 aliphatic carbocycles. The minimum absolute atomic E-state index is 0.330. The molecule has 14 aromatic rings. The third-order valence-electron chi connectivity index (χ3n) is 16.3. The number of aromatic nitrogens is 6. The lowest BCUT2D eigenvalue weighted by Gasteiger charge is -2.28. The number of nitrogens with zero attached hydrogens (tertiary/aromatic N) is 6. The normalized spacial score (nSPS) is 12.3. The van der Waals surface area contributed by atoms with Crippen LogP contribution in [0.1, 0.15) is 76.9 Å². The van der Waals surface area contributed by atoms with Crippen molar-refractivity contribution in [1.29, 1.82) is 0 Å². The molecule has 0 amide bonds. The Hall–Kier alpha value is -9.92. The van der Waals surface area contributed by atoms with Crippen LogP contribution in [0, 0.1) is 0 Å². The molecule has 84 heavy (non-hydrogen) atoms. The van der Waals surface area contributed by atoms with Crippen LogP contribution in [0.15, 0.2) is 233 Å². The van der Waals surface area contributed by atoms with E-state index in [0.29, 0.717) is 12.8 Å². The third kappa shape index (κ3) is 9.67. The Morgan fingerprint density at radius 2 is 0.845 bits per heavy atom. The van der Waals surface area contributed by atoms with Gasteiger partial charge in [-0.3, -0.25) is 0 Å². The van der Waals surface area contributed by atoms with E-state index in [1.165, 1.54) is 0 Å². The molecular weight excluding hydrogens is 1030 g/mol. The number of benzene rings is 9. The maximum absolute atomic E-state index is 6.83. The first-order chi connectivity index (χ1) is 40.7. The van der Waals surface area contributed by atoms with Crippen molar-refractivity contribution in [2.45, 2.75) is 77.6 Å². The van der Waals surface area contributed by atoms with Gasteiger partial charge in [-0.15, -0.1) is 0 Å². The van der Waals surface area contributed by atoms with Crippen LogP contribution in [0.5, 0.6) is 0 Å². The molecule has 14 rings (SSSR count). The van der Waals surface area contributed by atoms with Gasteiger partial charge in [0, 0.05) is 65.6 Å². The van der Waals surface area contributed by atoms with Crippen LogP contribution in [-0.4, -0.2) is 29.9 Å². The largest absolute Gasteiger partial charge is 0.456 e. The van der Waals surface area contributed by atoms with Gasteiger partial charge in [0.05, 0.1) is 45.2 Å². The average molecular weight is 1090 g/mol. The van der Waals surface area contributed by atoms with Crippen LogP contribution >= 0.6 is 0 Å². The van der Waals surface area contributed by atoms with E-state index < -0.39 is 10.8 Å². The second kappa shape index (κ2) is 20.5. The minimum Gasteiger partial charge on any atom is -0.456 e. The summed E-state index contributed by atoms with van der Waals surface area (Å²) in [5.41, 5.74) is 18.6. The van der Waals surface area contributed by atoms with Gasteiger partial charge in [-0.05, 0) is 89.7 Å². The summed E-state index contributed by atoms with van der Waals surface area (Å²) in [5, 5.41) is 4.13. The monoisotopic (exact) mass is 1090 g/mol. The predicted molar refractivity (Wildman–Crippen MR) is 343 cm³/mol. The Kier molecular flexibility index (Phi) is 12.7. The SMILES string of the molecule is CC(C)(C)c1nc(-c2cccc3oc4ccccc4c23)cc(-c2cccc3oc4cc(CC(C)(C)c5nc(-c6cccc(-c7ccccc7)c6)cc(-c6ccccc6CC(C)(C)c6nc7ccccc7nc6-c6ccccc6)n5)ccc4c23)n1. The van der Waals surface area contributed by atoms with Crippen molar-refractivity contribution in [1.82, 2.24) is 29.9 Å². The van der Waals surface area contributed by atoms with Crippen LogP contribution in [-0.2, 0) is 29.1 Å². The molecule has 8 heteroatoms. The molecule has 0 unspecified atom stereocenters. The van der Waals surface area contributed by atoms with E-state index in [9.17, 15) is 0 Å². The van der Waals surface area contributed by atoms with Crippen LogP contribution in [0.3, 0.4) is 0 Å². The van der Waals surface area contributed by atoms with Crippen molar-refractivity contribution in [2.24, 2.45) is 0 Å². The van der Waals surface area contributed by atoms with Crippen LogP contribution in [0.25, 0.3) is 122 Å². The number of para-hydroxylation sites is 3. The van der Waals surface area contributed by atoms with Crippen molar-refractivity contribution in [2.75, 3.05) is 0 Å². The number of fused-ring (bicyclic) bond motifs is 7. The van der Waals surface area contributed by atoms with Gasteiger partial charge >= 0.3 is 0 Å². The Labute approximate surface area is 489 Å². The molecule has 0 N–H and O–H groups in total. The lowest BCUT2D eigenvalue weighted by Crippen LogP contribution is -2.25. The topological polar surface area (TPSA) is 104 Å². The van der Waals surface area contributed by atoms with E-state index in [0.717, 1.165) is 151 Å². The van der Waals surface area contributed by atoms with E-state index >= 15 is 0 Å². The molecule has 0 radical (unpaired) electrons. The molecule has 8 nitrogen and oxygen atoms in total. The fourth-order valence-electron chi connectivity index (χ4n) is 12.1. The number of hydrogen-bond donors (Lipinski definition) is 0. The smallest absolute Gasteiger partial charge is 0.136 e. The van der Waals surface area contributed by atoms with Gasteiger partial charge in [0.25, 0.3) is 0 Å². The number of hydrogen-bond acceptors (Lipinski definition) is 8. The molecule has 0 saturated heterocycles. The van der Waals surface area contributed by atoms with Crippen LogP contribution in [0.4, 0.5) is 0 Å². The molecule has 0 aliphatic heterocycles. The zero-order chi connectivity index (χ0) is 57.3. The van der Waals surface area contributed by atoms with E-state index in [1.807, 2.05) is 48.5 Å². The number of rotatable bonds is 12. The Balaban J connectivity index is 0.851. The predicted octanol–water partition coefficient (Wildman–Crippen LogP) is 19.3. The molecule has 0 atom stereocenters. The Bertz CT molecular complexity index is 4840. The minimum atomic E-state index is -0.532. The Morgan fingerprint density at radius 3 is 1.56 bits per heavy atom. The first-order valence-corrected chi connectivity index (χ1v) is 28.9. The highest BCUT2D eigenvalue weighted by Crippen LogP contribution is 2.43. The maximum Gasteiger partial charge on any atom is 0.136 e. The molecule has 408 valence electrons. The lowest BCUT2D eigenvalue weighted by atomic mass is 9.79. The molecule has 5 aromatic heterocycles. The van der Waals surface area contributed by atoms with Gasteiger partial charge in [-0.1, -0.05) is 218 Å². The molecule has 0 fully saturated rings. The molecule has 0 saturated carbocycles. The second-order valence-corrected chi connectivity index (χ2v) is 24.6. The standard InChI is InChI=1S/C76H62N6O2/c1-74(2,3)72-80-62(54-32-21-37-65-68(54)56-31-16-19-36-64(56)83-65)44-63(81-72)55-33-22-38-66-69(55)57-40-39-47(41-67(57)84-66)45-76(6,7)73-79-60(51-29-20-28-50(42-51)48-23-10-8-11-24-48)43-61(82-73)53-30-15-14-27-52(53)46-75(4,5)71-70(49-25-12-9-13-26-49)77-58-34-17-18-35-59(58)78-71/h8-44H,45-46H2,1-7H3. The molecular formula is C76H62N6O2. The van der Waals surface area contributed by atoms with Crippen LogP contribution in [0.2, 0.25) is 0 Å². The van der Waals surface area contributed by atoms with Crippen LogP contribution < -0.4 is 0 Å². The van der Waals surface area contributed by atoms with Crippen molar-refractivity contribution in [3.8, 4) is 67.4 Å². The van der Waals surface area contributed by atoms with Gasteiger partial charge in [-0.2, -0.15) is 0 Å². The summed E-state index contributed by atoms with van der Waals surface area (Å²) in [6, 6.07) is 78.1. The van der Waals surface area contributed by atoms with Gasteiger partial charge in [0.15, 0.2) is 0 Å². The summed E-state index contributed by atoms with van der Waals surface area (Å²) < 4.78 is 13.2. The highest BCUT2D eigenvalue weighted by Gasteiger charge is 2.32. The quantitative estimate of drug-likeness (QED) is 0.119. The molecule has 0 bridgehead atoms. The molecule has 5 heterocycles.